The van der Waals surface area contributed by atoms with E-state index in [9.17, 15) is 9.59 Å². The molecule has 2 heterocycles. The first-order chi connectivity index (χ1) is 11.6. The van der Waals surface area contributed by atoms with Gasteiger partial charge in [-0.15, -0.1) is 0 Å². The van der Waals surface area contributed by atoms with Gasteiger partial charge in [0.05, 0.1) is 20.1 Å². The summed E-state index contributed by atoms with van der Waals surface area (Å²) in [6.45, 7) is 10.4. The van der Waals surface area contributed by atoms with Crippen LogP contribution in [0.3, 0.4) is 0 Å². The smallest absolute Gasteiger partial charge is 0.409 e. The monoisotopic (exact) mass is 354 g/mol. The van der Waals surface area contributed by atoms with Crippen molar-refractivity contribution in [2.75, 3.05) is 27.3 Å². The first-order valence-electron chi connectivity index (χ1n) is 9.32. The molecule has 0 spiro atoms. The summed E-state index contributed by atoms with van der Waals surface area (Å²) < 4.78 is 9.93. The van der Waals surface area contributed by atoms with Crippen molar-refractivity contribution in [3.05, 3.63) is 0 Å². The van der Waals surface area contributed by atoms with Crippen LogP contribution in [0.4, 0.5) is 4.79 Å². The molecule has 0 saturated carbocycles. The topological polar surface area (TPSA) is 59.1 Å². The lowest BCUT2D eigenvalue weighted by molar-refractivity contribution is -0.148. The third-order valence-corrected chi connectivity index (χ3v) is 6.09. The molecular weight excluding hydrogens is 320 g/mol. The van der Waals surface area contributed by atoms with Crippen LogP contribution < -0.4 is 0 Å². The maximum absolute atomic E-state index is 12.3. The number of esters is 1. The molecule has 6 heteroatoms. The van der Waals surface area contributed by atoms with Crippen LogP contribution >= 0.6 is 0 Å². The predicted octanol–water partition coefficient (Wildman–Crippen LogP) is 3.05. The zero-order valence-electron chi connectivity index (χ0n) is 16.6. The fourth-order valence-electron chi connectivity index (χ4n) is 4.71. The molecule has 6 nitrogen and oxygen atoms in total. The van der Waals surface area contributed by atoms with Crippen LogP contribution in [0.15, 0.2) is 0 Å². The maximum atomic E-state index is 12.3. The fourth-order valence-corrected chi connectivity index (χ4v) is 4.71. The van der Waals surface area contributed by atoms with E-state index in [0.717, 1.165) is 19.4 Å². The molecule has 0 aliphatic carbocycles. The quantitative estimate of drug-likeness (QED) is 0.729. The van der Waals surface area contributed by atoms with Crippen LogP contribution in [-0.4, -0.2) is 66.3 Å². The molecule has 144 valence electrons. The van der Waals surface area contributed by atoms with E-state index in [-0.39, 0.29) is 35.1 Å². The van der Waals surface area contributed by atoms with Crippen molar-refractivity contribution in [3.63, 3.8) is 0 Å². The van der Waals surface area contributed by atoms with E-state index in [1.165, 1.54) is 20.6 Å². The summed E-state index contributed by atoms with van der Waals surface area (Å²) in [5, 5.41) is 0. The Kier molecular flexibility index (Phi) is 6.02. The average molecular weight is 354 g/mol. The summed E-state index contributed by atoms with van der Waals surface area (Å²) in [6.07, 6.45) is 4.45. The molecule has 2 saturated heterocycles. The molecule has 0 N–H and O–H groups in total. The third-order valence-electron chi connectivity index (χ3n) is 6.09. The van der Waals surface area contributed by atoms with E-state index in [1.807, 2.05) is 0 Å². The van der Waals surface area contributed by atoms with Crippen LogP contribution in [0.25, 0.3) is 0 Å². The number of methoxy groups -OCH3 is 2. The molecule has 2 aliphatic rings. The van der Waals surface area contributed by atoms with Crippen LogP contribution in [0.5, 0.6) is 0 Å². The van der Waals surface area contributed by atoms with Crippen LogP contribution in [0, 0.1) is 5.92 Å². The van der Waals surface area contributed by atoms with Gasteiger partial charge in [0, 0.05) is 30.2 Å². The second-order valence-corrected chi connectivity index (χ2v) is 8.65. The predicted molar refractivity (Wildman–Crippen MR) is 96.4 cm³/mol. The van der Waals surface area contributed by atoms with E-state index in [0.29, 0.717) is 19.4 Å². The van der Waals surface area contributed by atoms with Crippen LogP contribution in [-0.2, 0) is 14.3 Å². The zero-order valence-corrected chi connectivity index (χ0v) is 16.6. The minimum absolute atomic E-state index is 0.0399. The van der Waals surface area contributed by atoms with E-state index in [4.69, 9.17) is 9.47 Å². The first-order valence-corrected chi connectivity index (χ1v) is 9.32. The average Bonchev–Trinajstić information content (AvgIpc) is 2.56. The SMILES string of the molecule is COC(=O)[C@H]1CCN(C(=O)OC)[C@@H](CN2C(C)(C)CCCC2(C)C)C1. The molecule has 0 aromatic carbocycles. The van der Waals surface area contributed by atoms with Gasteiger partial charge in [-0.3, -0.25) is 9.69 Å². The Balaban J connectivity index is 2.23. The molecule has 2 atom stereocenters. The summed E-state index contributed by atoms with van der Waals surface area (Å²) in [5.41, 5.74) is 0.142. The number of hydrogen-bond donors (Lipinski definition) is 0. The number of hydrogen-bond acceptors (Lipinski definition) is 5. The standard InChI is InChI=1S/C19H34N2O4/c1-18(2)9-7-10-19(3,4)21(18)13-15-12-14(16(22)24-5)8-11-20(15)17(23)25-6/h14-15H,7-13H2,1-6H3/t14-,15+/m0/s1. The van der Waals surface area contributed by atoms with Crippen molar-refractivity contribution < 1.29 is 19.1 Å². The Bertz CT molecular complexity index is 488. The molecule has 2 fully saturated rings. The van der Waals surface area contributed by atoms with Crippen molar-refractivity contribution in [2.45, 2.75) is 76.9 Å². The second-order valence-electron chi connectivity index (χ2n) is 8.65. The Hall–Kier alpha value is -1.30. The molecule has 0 bridgehead atoms. The van der Waals surface area contributed by atoms with Crippen LogP contribution in [0.2, 0.25) is 0 Å². The Morgan fingerprint density at radius 1 is 1.04 bits per heavy atom. The lowest BCUT2D eigenvalue weighted by atomic mass is 9.78. The largest absolute Gasteiger partial charge is 0.469 e. The lowest BCUT2D eigenvalue weighted by Crippen LogP contribution is -2.63. The van der Waals surface area contributed by atoms with E-state index in [1.54, 1.807) is 4.90 Å². The highest BCUT2D eigenvalue weighted by Crippen LogP contribution is 2.39. The highest BCUT2D eigenvalue weighted by Gasteiger charge is 2.45. The van der Waals surface area contributed by atoms with Gasteiger partial charge in [-0.1, -0.05) is 0 Å². The number of piperidine rings is 2. The number of carbonyl (C=O) groups is 2. The number of carbonyl (C=O) groups excluding carboxylic acids is 2. The molecular formula is C19H34N2O4. The minimum Gasteiger partial charge on any atom is -0.469 e. The molecule has 2 rings (SSSR count). The van der Waals surface area contributed by atoms with Gasteiger partial charge in [-0.2, -0.15) is 0 Å². The highest BCUT2D eigenvalue weighted by molar-refractivity contribution is 5.73. The van der Waals surface area contributed by atoms with Crippen molar-refractivity contribution in [2.24, 2.45) is 5.92 Å². The molecule has 1 amide bonds. The number of ether oxygens (including phenoxy) is 2. The zero-order chi connectivity index (χ0) is 18.8. The van der Waals surface area contributed by atoms with Gasteiger partial charge in [0.1, 0.15) is 0 Å². The molecule has 0 radical (unpaired) electrons. The minimum atomic E-state index is -0.305. The second kappa shape index (κ2) is 7.52. The molecule has 25 heavy (non-hydrogen) atoms. The van der Waals surface area contributed by atoms with Crippen LogP contribution in [0.1, 0.15) is 59.8 Å². The summed E-state index contributed by atoms with van der Waals surface area (Å²) in [6, 6.07) is -0.0399. The first kappa shape index (κ1) is 20.0. The summed E-state index contributed by atoms with van der Waals surface area (Å²) >= 11 is 0. The van der Waals surface area contributed by atoms with Gasteiger partial charge in [0.15, 0.2) is 0 Å². The fraction of sp³-hybridized carbons (Fsp3) is 0.895. The molecule has 2 aliphatic heterocycles. The van der Waals surface area contributed by atoms with Gasteiger partial charge in [-0.25, -0.2) is 4.79 Å². The molecule has 0 aromatic rings. The van der Waals surface area contributed by atoms with E-state index >= 15 is 0 Å². The van der Waals surface area contributed by atoms with Crippen molar-refractivity contribution in [1.82, 2.24) is 9.80 Å². The van der Waals surface area contributed by atoms with Crippen molar-refractivity contribution in [3.8, 4) is 0 Å². The summed E-state index contributed by atoms with van der Waals surface area (Å²) in [5.74, 6) is -0.321. The van der Waals surface area contributed by atoms with Crippen molar-refractivity contribution in [1.29, 1.82) is 0 Å². The number of rotatable bonds is 3. The molecule has 0 unspecified atom stereocenters. The van der Waals surface area contributed by atoms with Crippen molar-refractivity contribution >= 4 is 12.1 Å². The van der Waals surface area contributed by atoms with Gasteiger partial charge >= 0.3 is 12.1 Å². The van der Waals surface area contributed by atoms with Gasteiger partial charge in [0.2, 0.25) is 0 Å². The lowest BCUT2D eigenvalue weighted by Gasteiger charge is -2.55. The van der Waals surface area contributed by atoms with E-state index < -0.39 is 0 Å². The third kappa shape index (κ3) is 4.27. The number of nitrogens with zero attached hydrogens (tertiary/aromatic N) is 2. The van der Waals surface area contributed by atoms with Gasteiger partial charge < -0.3 is 14.4 Å². The summed E-state index contributed by atoms with van der Waals surface area (Å²) in [4.78, 5) is 28.6. The normalized spacial score (nSPS) is 29.1. The van der Waals surface area contributed by atoms with Gasteiger partial charge in [0.25, 0.3) is 0 Å². The number of amides is 1. The van der Waals surface area contributed by atoms with E-state index in [2.05, 4.69) is 32.6 Å². The number of likely N-dealkylation sites (tertiary alicyclic amines) is 2. The maximum Gasteiger partial charge on any atom is 0.409 e. The Morgan fingerprint density at radius 3 is 2.16 bits per heavy atom. The highest BCUT2D eigenvalue weighted by atomic mass is 16.5. The summed E-state index contributed by atoms with van der Waals surface area (Å²) in [7, 11) is 2.85. The molecule has 0 aromatic heterocycles. The Labute approximate surface area is 151 Å². The Morgan fingerprint density at radius 2 is 1.64 bits per heavy atom. The van der Waals surface area contributed by atoms with Gasteiger partial charge in [-0.05, 0) is 59.8 Å².